The Morgan fingerprint density at radius 3 is 2.64 bits per heavy atom. The lowest BCUT2D eigenvalue weighted by atomic mass is 10.1. The Hall–Kier alpha value is -1.80. The van der Waals surface area contributed by atoms with E-state index < -0.39 is 5.97 Å². The molecule has 138 valence electrons. The Morgan fingerprint density at radius 1 is 1.28 bits per heavy atom. The molecule has 0 spiro atoms. The number of amides is 1. The van der Waals surface area contributed by atoms with Gasteiger partial charge in [0.1, 0.15) is 0 Å². The summed E-state index contributed by atoms with van der Waals surface area (Å²) in [5.74, 6) is 0.234. The van der Waals surface area contributed by atoms with Gasteiger partial charge < -0.3 is 24.3 Å². The molecular weight excluding hydrogens is 394 g/mol. The van der Waals surface area contributed by atoms with Crippen molar-refractivity contribution in [3.8, 4) is 11.5 Å². The topological polar surface area (TPSA) is 83.1 Å². The first-order valence-corrected chi connectivity index (χ1v) is 8.77. The van der Waals surface area contributed by atoms with E-state index in [0.29, 0.717) is 28.1 Å². The Balaban J connectivity index is 1.80. The summed E-state index contributed by atoms with van der Waals surface area (Å²) in [5, 5.41) is 2.70. The molecule has 0 unspecified atom stereocenters. The Bertz CT molecular complexity index is 615. The van der Waals surface area contributed by atoms with E-state index in [1.807, 2.05) is 0 Å². The first-order chi connectivity index (χ1) is 12.0. The van der Waals surface area contributed by atoms with Gasteiger partial charge in [-0.1, -0.05) is 15.9 Å². The van der Waals surface area contributed by atoms with Crippen LogP contribution in [0.2, 0.25) is 0 Å². The fraction of sp³-hybridized carbons (Fsp3) is 0.529. The number of ether oxygens (including phenoxy) is 4. The van der Waals surface area contributed by atoms with Gasteiger partial charge in [0.2, 0.25) is 0 Å². The standard InChI is InChI=1S/C17H22BrNO6/c1-22-14-6-11(13(18)8-15(14)23-2)7-17(21)25-10-16(20)19-9-12-4-3-5-24-12/h6,8,12H,3-5,7,9-10H2,1-2H3,(H,19,20)/t12-/m0/s1. The van der Waals surface area contributed by atoms with Gasteiger partial charge in [0.05, 0.1) is 26.7 Å². The van der Waals surface area contributed by atoms with Crippen molar-refractivity contribution >= 4 is 27.8 Å². The number of rotatable bonds is 8. The summed E-state index contributed by atoms with van der Waals surface area (Å²) in [7, 11) is 3.06. The number of halogens is 1. The van der Waals surface area contributed by atoms with Crippen LogP contribution in [0.15, 0.2) is 16.6 Å². The fourth-order valence-corrected chi connectivity index (χ4v) is 2.93. The molecule has 1 aliphatic rings. The maximum absolute atomic E-state index is 12.0. The summed E-state index contributed by atoms with van der Waals surface area (Å²) >= 11 is 3.39. The molecule has 1 aromatic rings. The van der Waals surface area contributed by atoms with Crippen molar-refractivity contribution in [1.29, 1.82) is 0 Å². The fourth-order valence-electron chi connectivity index (χ4n) is 2.47. The number of hydrogen-bond acceptors (Lipinski definition) is 6. The van der Waals surface area contributed by atoms with E-state index in [-0.39, 0.29) is 25.0 Å². The second kappa shape index (κ2) is 9.62. The summed E-state index contributed by atoms with van der Waals surface area (Å²) in [6, 6.07) is 3.41. The number of esters is 1. The molecule has 1 amide bonds. The molecule has 0 aromatic heterocycles. The molecule has 1 heterocycles. The highest BCUT2D eigenvalue weighted by Gasteiger charge is 2.17. The van der Waals surface area contributed by atoms with Gasteiger partial charge in [-0.3, -0.25) is 9.59 Å². The minimum absolute atomic E-state index is 0.0138. The zero-order chi connectivity index (χ0) is 18.2. The lowest BCUT2D eigenvalue weighted by molar-refractivity contribution is -0.148. The molecule has 1 saturated heterocycles. The molecular formula is C17H22BrNO6. The largest absolute Gasteiger partial charge is 0.493 e. The zero-order valence-corrected chi connectivity index (χ0v) is 15.9. The first-order valence-electron chi connectivity index (χ1n) is 7.97. The maximum atomic E-state index is 12.0. The highest BCUT2D eigenvalue weighted by molar-refractivity contribution is 9.10. The predicted molar refractivity (Wildman–Crippen MR) is 93.9 cm³/mol. The molecule has 1 aliphatic heterocycles. The molecule has 1 aromatic carbocycles. The number of nitrogens with one attached hydrogen (secondary N) is 1. The summed E-state index contributed by atoms with van der Waals surface area (Å²) in [5.41, 5.74) is 0.683. The van der Waals surface area contributed by atoms with Crippen LogP contribution in [-0.4, -0.2) is 52.0 Å². The van der Waals surface area contributed by atoms with Gasteiger partial charge in [0.15, 0.2) is 18.1 Å². The van der Waals surface area contributed by atoms with Crippen molar-refractivity contribution in [2.45, 2.75) is 25.4 Å². The molecule has 0 radical (unpaired) electrons. The smallest absolute Gasteiger partial charge is 0.310 e. The molecule has 7 nitrogen and oxygen atoms in total. The summed E-state index contributed by atoms with van der Waals surface area (Å²) in [4.78, 5) is 23.7. The normalized spacial score (nSPS) is 16.4. The number of benzene rings is 1. The Morgan fingerprint density at radius 2 is 2.00 bits per heavy atom. The quantitative estimate of drug-likeness (QED) is 0.652. The van der Waals surface area contributed by atoms with Gasteiger partial charge in [-0.25, -0.2) is 0 Å². The van der Waals surface area contributed by atoms with E-state index in [9.17, 15) is 9.59 Å². The van der Waals surface area contributed by atoms with Crippen LogP contribution in [0.5, 0.6) is 11.5 Å². The van der Waals surface area contributed by atoms with Crippen LogP contribution in [0.3, 0.4) is 0 Å². The van der Waals surface area contributed by atoms with Gasteiger partial charge in [-0.05, 0) is 30.5 Å². The molecule has 0 aliphatic carbocycles. The van der Waals surface area contributed by atoms with Crippen molar-refractivity contribution in [2.24, 2.45) is 0 Å². The van der Waals surface area contributed by atoms with Crippen LogP contribution < -0.4 is 14.8 Å². The molecule has 8 heteroatoms. The highest BCUT2D eigenvalue weighted by atomic mass is 79.9. The second-order valence-electron chi connectivity index (χ2n) is 5.58. The molecule has 0 bridgehead atoms. The summed E-state index contributed by atoms with van der Waals surface area (Å²) < 4.78 is 21.5. The second-order valence-corrected chi connectivity index (χ2v) is 6.43. The Kier molecular flexibility index (Phi) is 7.52. The number of carbonyl (C=O) groups is 2. The third kappa shape index (κ3) is 5.89. The molecule has 1 fully saturated rings. The van der Waals surface area contributed by atoms with Crippen molar-refractivity contribution in [2.75, 3.05) is 34.0 Å². The van der Waals surface area contributed by atoms with Crippen molar-refractivity contribution in [3.63, 3.8) is 0 Å². The van der Waals surface area contributed by atoms with E-state index in [1.165, 1.54) is 14.2 Å². The molecule has 2 rings (SSSR count). The van der Waals surface area contributed by atoms with Gasteiger partial charge in [0, 0.05) is 17.6 Å². The highest BCUT2D eigenvalue weighted by Crippen LogP contribution is 2.33. The van der Waals surface area contributed by atoms with Gasteiger partial charge in [-0.2, -0.15) is 0 Å². The van der Waals surface area contributed by atoms with Gasteiger partial charge >= 0.3 is 5.97 Å². The Labute approximate surface area is 155 Å². The SMILES string of the molecule is COc1cc(Br)c(CC(=O)OCC(=O)NC[C@@H]2CCCO2)cc1OC. The maximum Gasteiger partial charge on any atom is 0.310 e. The third-order valence-corrected chi connectivity index (χ3v) is 4.54. The number of methoxy groups -OCH3 is 2. The predicted octanol–water partition coefficient (Wildman–Crippen LogP) is 1.85. The van der Waals surface area contributed by atoms with Crippen LogP contribution in [0.25, 0.3) is 0 Å². The van der Waals surface area contributed by atoms with E-state index in [1.54, 1.807) is 12.1 Å². The van der Waals surface area contributed by atoms with Crippen LogP contribution in [0.4, 0.5) is 0 Å². The van der Waals surface area contributed by atoms with E-state index in [4.69, 9.17) is 18.9 Å². The van der Waals surface area contributed by atoms with E-state index >= 15 is 0 Å². The minimum Gasteiger partial charge on any atom is -0.493 e. The van der Waals surface area contributed by atoms with Crippen molar-refractivity contribution in [3.05, 3.63) is 22.2 Å². The van der Waals surface area contributed by atoms with Crippen LogP contribution in [0, 0.1) is 0 Å². The lowest BCUT2D eigenvalue weighted by Crippen LogP contribution is -2.35. The number of hydrogen-bond donors (Lipinski definition) is 1. The van der Waals surface area contributed by atoms with E-state index in [0.717, 1.165) is 19.4 Å². The monoisotopic (exact) mass is 415 g/mol. The van der Waals surface area contributed by atoms with Crippen molar-refractivity contribution < 1.29 is 28.5 Å². The minimum atomic E-state index is -0.500. The zero-order valence-electron chi connectivity index (χ0n) is 14.3. The third-order valence-electron chi connectivity index (χ3n) is 3.80. The molecule has 0 saturated carbocycles. The van der Waals surface area contributed by atoms with Gasteiger partial charge in [-0.15, -0.1) is 0 Å². The molecule has 1 atom stereocenters. The van der Waals surface area contributed by atoms with Crippen LogP contribution in [-0.2, 0) is 25.5 Å². The van der Waals surface area contributed by atoms with Crippen LogP contribution in [0.1, 0.15) is 18.4 Å². The van der Waals surface area contributed by atoms with E-state index in [2.05, 4.69) is 21.2 Å². The average Bonchev–Trinajstić information content (AvgIpc) is 3.13. The summed E-state index contributed by atoms with van der Waals surface area (Å²) in [6.07, 6.45) is 2.02. The molecule has 25 heavy (non-hydrogen) atoms. The lowest BCUT2D eigenvalue weighted by Gasteiger charge is -2.12. The summed E-state index contributed by atoms with van der Waals surface area (Å²) in [6.45, 7) is 0.865. The average molecular weight is 416 g/mol. The van der Waals surface area contributed by atoms with Crippen molar-refractivity contribution in [1.82, 2.24) is 5.32 Å². The number of carbonyl (C=O) groups excluding carboxylic acids is 2. The van der Waals surface area contributed by atoms with Crippen LogP contribution >= 0.6 is 15.9 Å². The molecule has 1 N–H and O–H groups in total. The van der Waals surface area contributed by atoms with Gasteiger partial charge in [0.25, 0.3) is 5.91 Å². The first kappa shape index (κ1) is 19.5.